The summed E-state index contributed by atoms with van der Waals surface area (Å²) >= 11 is 0. The highest BCUT2D eigenvalue weighted by atomic mass is 19.4. The van der Waals surface area contributed by atoms with Gasteiger partial charge in [-0.2, -0.15) is 13.2 Å². The number of likely N-dealkylation sites (tertiary alicyclic amines) is 1. The van der Waals surface area contributed by atoms with E-state index in [4.69, 9.17) is 0 Å². The Balaban J connectivity index is 1.65. The number of piperidine rings is 1. The van der Waals surface area contributed by atoms with E-state index in [2.05, 4.69) is 5.32 Å². The van der Waals surface area contributed by atoms with E-state index in [1.165, 1.54) is 12.1 Å². The maximum Gasteiger partial charge on any atom is 0.416 e. The lowest BCUT2D eigenvalue weighted by atomic mass is 9.78. The molecule has 3 rings (SSSR count). The molecule has 2 heterocycles. The van der Waals surface area contributed by atoms with E-state index in [-0.39, 0.29) is 5.91 Å². The zero-order valence-corrected chi connectivity index (χ0v) is 12.2. The summed E-state index contributed by atoms with van der Waals surface area (Å²) in [5.74, 6) is -0.172. The predicted octanol–water partition coefficient (Wildman–Crippen LogP) is 2.92. The topological polar surface area (TPSA) is 32.3 Å². The highest BCUT2D eigenvalue weighted by molar-refractivity contribution is 5.94. The van der Waals surface area contributed by atoms with Crippen LogP contribution in [0.3, 0.4) is 0 Å². The van der Waals surface area contributed by atoms with Gasteiger partial charge in [-0.05, 0) is 55.5 Å². The van der Waals surface area contributed by atoms with Gasteiger partial charge in [0.15, 0.2) is 0 Å². The maximum atomic E-state index is 12.5. The molecular weight excluding hydrogens is 293 g/mol. The van der Waals surface area contributed by atoms with Crippen molar-refractivity contribution in [1.82, 2.24) is 10.2 Å². The van der Waals surface area contributed by atoms with E-state index in [9.17, 15) is 18.0 Å². The first-order valence-corrected chi connectivity index (χ1v) is 7.57. The fourth-order valence-electron chi connectivity index (χ4n) is 3.39. The Morgan fingerprint density at radius 2 is 1.73 bits per heavy atom. The number of benzene rings is 1. The summed E-state index contributed by atoms with van der Waals surface area (Å²) < 4.78 is 37.6. The molecule has 0 aromatic heterocycles. The van der Waals surface area contributed by atoms with Crippen molar-refractivity contribution >= 4 is 5.91 Å². The number of amides is 1. The van der Waals surface area contributed by atoms with E-state index in [1.807, 2.05) is 0 Å². The number of alkyl halides is 3. The molecule has 1 spiro atoms. The predicted molar refractivity (Wildman–Crippen MR) is 76.5 cm³/mol. The second-order valence-electron chi connectivity index (χ2n) is 6.29. The van der Waals surface area contributed by atoms with Gasteiger partial charge >= 0.3 is 6.18 Å². The molecule has 2 saturated heterocycles. The van der Waals surface area contributed by atoms with Gasteiger partial charge in [-0.3, -0.25) is 4.79 Å². The van der Waals surface area contributed by atoms with Crippen molar-refractivity contribution < 1.29 is 18.0 Å². The van der Waals surface area contributed by atoms with Crippen LogP contribution in [0.25, 0.3) is 0 Å². The van der Waals surface area contributed by atoms with E-state index >= 15 is 0 Å². The summed E-state index contributed by atoms with van der Waals surface area (Å²) in [4.78, 5) is 14.1. The van der Waals surface area contributed by atoms with Gasteiger partial charge in [-0.1, -0.05) is 0 Å². The average Bonchev–Trinajstić information content (AvgIpc) is 2.95. The number of carbonyl (C=O) groups excluding carboxylic acids is 1. The molecule has 0 aliphatic carbocycles. The summed E-state index contributed by atoms with van der Waals surface area (Å²) in [7, 11) is 0. The normalized spacial score (nSPS) is 21.3. The summed E-state index contributed by atoms with van der Waals surface area (Å²) in [6.45, 7) is 3.41. The van der Waals surface area contributed by atoms with Crippen LogP contribution in [0.4, 0.5) is 13.2 Å². The Kier molecular flexibility index (Phi) is 3.89. The molecule has 3 nitrogen and oxygen atoms in total. The first kappa shape index (κ1) is 15.3. The summed E-state index contributed by atoms with van der Waals surface area (Å²) in [6, 6.07) is 4.48. The number of hydrogen-bond acceptors (Lipinski definition) is 2. The SMILES string of the molecule is O=C(c1ccc(C(F)(F)F)cc1)N1CCC2(CCNC2)CC1. The molecule has 0 saturated carbocycles. The Morgan fingerprint density at radius 1 is 1.09 bits per heavy atom. The molecule has 0 bridgehead atoms. The van der Waals surface area contributed by atoms with E-state index < -0.39 is 11.7 Å². The monoisotopic (exact) mass is 312 g/mol. The van der Waals surface area contributed by atoms with E-state index in [1.54, 1.807) is 4.90 Å². The van der Waals surface area contributed by atoms with Gasteiger partial charge in [-0.25, -0.2) is 0 Å². The molecular formula is C16H19F3N2O. The van der Waals surface area contributed by atoms with Crippen molar-refractivity contribution in [3.05, 3.63) is 35.4 Å². The van der Waals surface area contributed by atoms with Gasteiger partial charge in [0.05, 0.1) is 5.56 Å². The van der Waals surface area contributed by atoms with Gasteiger partial charge in [0.2, 0.25) is 0 Å². The molecule has 1 amide bonds. The van der Waals surface area contributed by atoms with Crippen LogP contribution in [0.2, 0.25) is 0 Å². The number of halogens is 3. The lowest BCUT2D eigenvalue weighted by Gasteiger charge is -2.38. The maximum absolute atomic E-state index is 12.5. The molecule has 0 radical (unpaired) electrons. The highest BCUT2D eigenvalue weighted by Crippen LogP contribution is 2.37. The van der Waals surface area contributed by atoms with Gasteiger partial charge in [0.1, 0.15) is 0 Å². The molecule has 1 aromatic carbocycles. The molecule has 0 unspecified atom stereocenters. The third-order valence-electron chi connectivity index (χ3n) is 4.90. The van der Waals surface area contributed by atoms with Crippen molar-refractivity contribution in [1.29, 1.82) is 0 Å². The molecule has 0 atom stereocenters. The fraction of sp³-hybridized carbons (Fsp3) is 0.562. The Bertz CT molecular complexity index is 538. The largest absolute Gasteiger partial charge is 0.416 e. The van der Waals surface area contributed by atoms with Gasteiger partial charge in [-0.15, -0.1) is 0 Å². The first-order valence-electron chi connectivity index (χ1n) is 7.57. The third kappa shape index (κ3) is 2.97. The van der Waals surface area contributed by atoms with Crippen molar-refractivity contribution in [3.8, 4) is 0 Å². The van der Waals surface area contributed by atoms with E-state index in [0.717, 1.165) is 44.5 Å². The number of rotatable bonds is 1. The number of hydrogen-bond donors (Lipinski definition) is 1. The number of nitrogens with zero attached hydrogens (tertiary/aromatic N) is 1. The van der Waals surface area contributed by atoms with Crippen LogP contribution in [-0.4, -0.2) is 37.0 Å². The molecule has 2 aliphatic rings. The summed E-state index contributed by atoms with van der Waals surface area (Å²) in [5.41, 5.74) is -0.0797. The van der Waals surface area contributed by atoms with Crippen LogP contribution in [0.1, 0.15) is 35.2 Å². The van der Waals surface area contributed by atoms with Crippen molar-refractivity contribution in [2.24, 2.45) is 5.41 Å². The third-order valence-corrected chi connectivity index (χ3v) is 4.90. The average molecular weight is 312 g/mol. The molecule has 2 aliphatic heterocycles. The van der Waals surface area contributed by atoms with Crippen molar-refractivity contribution in [2.75, 3.05) is 26.2 Å². The summed E-state index contributed by atoms with van der Waals surface area (Å²) in [6.07, 6.45) is -1.29. The lowest BCUT2D eigenvalue weighted by Crippen LogP contribution is -2.44. The Labute approximate surface area is 127 Å². The highest BCUT2D eigenvalue weighted by Gasteiger charge is 2.38. The van der Waals surface area contributed by atoms with Crippen LogP contribution in [0.5, 0.6) is 0 Å². The molecule has 1 aromatic rings. The van der Waals surface area contributed by atoms with Crippen LogP contribution in [-0.2, 0) is 6.18 Å². The Hall–Kier alpha value is -1.56. The smallest absolute Gasteiger partial charge is 0.339 e. The van der Waals surface area contributed by atoms with Gasteiger partial charge < -0.3 is 10.2 Å². The van der Waals surface area contributed by atoms with E-state index in [0.29, 0.717) is 24.1 Å². The molecule has 120 valence electrons. The standard InChI is InChI=1S/C16H19F3N2O/c17-16(18,19)13-3-1-12(2-4-13)14(22)21-9-6-15(7-10-21)5-8-20-11-15/h1-4,20H,5-11H2. The van der Waals surface area contributed by atoms with Crippen LogP contribution >= 0.6 is 0 Å². The minimum atomic E-state index is -4.37. The molecule has 1 N–H and O–H groups in total. The van der Waals surface area contributed by atoms with Gasteiger partial charge in [0, 0.05) is 25.2 Å². The zero-order chi connectivity index (χ0) is 15.8. The molecule has 2 fully saturated rings. The number of nitrogens with one attached hydrogen (secondary N) is 1. The quantitative estimate of drug-likeness (QED) is 0.865. The van der Waals surface area contributed by atoms with Crippen LogP contribution in [0.15, 0.2) is 24.3 Å². The van der Waals surface area contributed by atoms with Crippen molar-refractivity contribution in [2.45, 2.75) is 25.4 Å². The van der Waals surface area contributed by atoms with Gasteiger partial charge in [0.25, 0.3) is 5.91 Å². The molecule has 6 heteroatoms. The minimum absolute atomic E-state index is 0.172. The zero-order valence-electron chi connectivity index (χ0n) is 12.2. The first-order chi connectivity index (χ1) is 10.4. The van der Waals surface area contributed by atoms with Crippen LogP contribution in [0, 0.1) is 5.41 Å². The minimum Gasteiger partial charge on any atom is -0.339 e. The number of carbonyl (C=O) groups is 1. The van der Waals surface area contributed by atoms with Crippen LogP contribution < -0.4 is 5.32 Å². The second kappa shape index (κ2) is 5.57. The molecule has 22 heavy (non-hydrogen) atoms. The Morgan fingerprint density at radius 3 is 2.23 bits per heavy atom. The van der Waals surface area contributed by atoms with Crippen molar-refractivity contribution in [3.63, 3.8) is 0 Å². The fourth-order valence-corrected chi connectivity index (χ4v) is 3.39. The lowest BCUT2D eigenvalue weighted by molar-refractivity contribution is -0.137. The second-order valence-corrected chi connectivity index (χ2v) is 6.29. The summed E-state index contributed by atoms with van der Waals surface area (Å²) in [5, 5.41) is 3.37.